The van der Waals surface area contributed by atoms with Gasteiger partial charge in [0.15, 0.2) is 0 Å². The number of methoxy groups -OCH3 is 1. The zero-order chi connectivity index (χ0) is 17.4. The van der Waals surface area contributed by atoms with Crippen LogP contribution in [0, 0.1) is 11.3 Å². The number of alkyl halides is 3. The maximum atomic E-state index is 12.3. The van der Waals surface area contributed by atoms with Gasteiger partial charge >= 0.3 is 15.6 Å². The second kappa shape index (κ2) is 5.75. The van der Waals surface area contributed by atoms with Crippen LogP contribution in [0.1, 0.15) is 5.56 Å². The Balaban J connectivity index is 2.59. The van der Waals surface area contributed by atoms with Crippen molar-refractivity contribution >= 4 is 32.6 Å². The van der Waals surface area contributed by atoms with Crippen molar-refractivity contribution in [3.05, 3.63) is 28.8 Å². The van der Waals surface area contributed by atoms with Gasteiger partial charge in [-0.05, 0) is 12.1 Å². The minimum atomic E-state index is -5.80. The summed E-state index contributed by atoms with van der Waals surface area (Å²) < 4.78 is 67.8. The number of ether oxygens (including phenoxy) is 1. The van der Waals surface area contributed by atoms with E-state index in [4.69, 9.17) is 21.6 Å². The zero-order valence-corrected chi connectivity index (χ0v) is 12.8. The van der Waals surface area contributed by atoms with Crippen molar-refractivity contribution in [2.75, 3.05) is 7.11 Å². The van der Waals surface area contributed by atoms with Crippen LogP contribution >= 0.6 is 11.6 Å². The molecule has 2 aromatic rings. The number of benzene rings is 1. The van der Waals surface area contributed by atoms with Crippen LogP contribution < -0.4 is 8.92 Å². The number of hydrogen-bond donors (Lipinski definition) is 0. The summed E-state index contributed by atoms with van der Waals surface area (Å²) in [7, 11) is -4.58. The molecule has 1 aromatic heterocycles. The lowest BCUT2D eigenvalue weighted by atomic mass is 10.1. The van der Waals surface area contributed by atoms with Gasteiger partial charge in [-0.3, -0.25) is 0 Å². The van der Waals surface area contributed by atoms with E-state index in [0.717, 1.165) is 12.1 Å². The molecule has 6 nitrogen and oxygen atoms in total. The molecule has 0 bridgehead atoms. The lowest BCUT2D eigenvalue weighted by Crippen LogP contribution is -2.28. The van der Waals surface area contributed by atoms with Gasteiger partial charge in [0.2, 0.25) is 5.88 Å². The average molecular weight is 369 g/mol. The van der Waals surface area contributed by atoms with Gasteiger partial charge in [0, 0.05) is 11.5 Å². The summed E-state index contributed by atoms with van der Waals surface area (Å²) in [6.07, 6.45) is 0. The minimum Gasteiger partial charge on any atom is -0.480 e. The highest BCUT2D eigenvalue weighted by atomic mass is 35.5. The highest BCUT2D eigenvalue weighted by molar-refractivity contribution is 7.88. The average Bonchev–Trinajstić information content (AvgIpc) is 2.45. The zero-order valence-electron chi connectivity index (χ0n) is 11.2. The Morgan fingerprint density at radius 2 is 2.00 bits per heavy atom. The van der Waals surface area contributed by atoms with Crippen LogP contribution in [0.5, 0.6) is 11.6 Å². The minimum absolute atomic E-state index is 0.000671. The standard InChI is InChI=1S/C12H6ClF3N2O4S/c1-21-11-8(5-17)10(13)7-3-2-6(4-9(7)18-11)22-23(19,20)12(14,15)16/h2-4H,1H3/i1+2. The third kappa shape index (κ3) is 3.11. The van der Waals surface area contributed by atoms with Crippen LogP contribution in [0.15, 0.2) is 18.2 Å². The summed E-state index contributed by atoms with van der Waals surface area (Å²) in [6, 6.07) is 4.87. The number of nitrogens with zero attached hydrogens (tertiary/aromatic N) is 2. The van der Waals surface area contributed by atoms with E-state index in [9.17, 15) is 21.6 Å². The van der Waals surface area contributed by atoms with Gasteiger partial charge in [-0.2, -0.15) is 26.9 Å². The SMILES string of the molecule is [14CH3]Oc1nc2cc(OS(=O)(=O)C(F)(F)F)ccc2c(Cl)c1C#N. The van der Waals surface area contributed by atoms with E-state index in [1.165, 1.54) is 13.2 Å². The van der Waals surface area contributed by atoms with Crippen LogP contribution in [0.2, 0.25) is 5.02 Å². The molecule has 0 atom stereocenters. The normalized spacial score (nSPS) is 12.0. The first-order chi connectivity index (χ1) is 10.6. The third-order valence-corrected chi connectivity index (χ3v) is 4.03. The fourth-order valence-electron chi connectivity index (χ4n) is 1.65. The largest absolute Gasteiger partial charge is 0.534 e. The second-order valence-electron chi connectivity index (χ2n) is 4.08. The molecule has 0 aliphatic heterocycles. The van der Waals surface area contributed by atoms with E-state index in [2.05, 4.69) is 9.17 Å². The Morgan fingerprint density at radius 3 is 2.52 bits per heavy atom. The second-order valence-corrected chi connectivity index (χ2v) is 6.00. The Hall–Kier alpha value is -2.25. The molecule has 1 aromatic carbocycles. The number of rotatable bonds is 3. The van der Waals surface area contributed by atoms with Crippen molar-refractivity contribution in [2.24, 2.45) is 0 Å². The Morgan fingerprint density at radius 1 is 1.35 bits per heavy atom. The number of aromatic nitrogens is 1. The van der Waals surface area contributed by atoms with Crippen molar-refractivity contribution in [1.82, 2.24) is 4.98 Å². The Labute approximate surface area is 133 Å². The summed E-state index contributed by atoms with van der Waals surface area (Å²) in [5.74, 6) is -0.758. The van der Waals surface area contributed by atoms with E-state index < -0.39 is 21.4 Å². The first-order valence-electron chi connectivity index (χ1n) is 5.69. The van der Waals surface area contributed by atoms with Crippen LogP contribution in [-0.2, 0) is 10.1 Å². The van der Waals surface area contributed by atoms with Crippen LogP contribution in [0.4, 0.5) is 13.2 Å². The molecule has 23 heavy (non-hydrogen) atoms. The molecule has 0 aliphatic carbocycles. The third-order valence-electron chi connectivity index (χ3n) is 2.66. The van der Waals surface area contributed by atoms with Gasteiger partial charge in [-0.15, -0.1) is 0 Å². The number of nitriles is 1. The summed E-state index contributed by atoms with van der Waals surface area (Å²) in [5, 5.41) is 9.20. The van der Waals surface area contributed by atoms with E-state index in [1.54, 1.807) is 6.07 Å². The number of halogens is 4. The topological polar surface area (TPSA) is 89.3 Å². The molecule has 0 saturated heterocycles. The molecule has 0 saturated carbocycles. The molecular formula is C12H6ClF3N2O4S. The van der Waals surface area contributed by atoms with Crippen molar-refractivity contribution < 1.29 is 30.5 Å². The molecule has 0 amide bonds. The molecule has 0 aliphatic rings. The Bertz CT molecular complexity index is 923. The molecule has 0 fully saturated rings. The number of pyridine rings is 1. The molecule has 2 rings (SSSR count). The highest BCUT2D eigenvalue weighted by Gasteiger charge is 2.48. The van der Waals surface area contributed by atoms with Crippen molar-refractivity contribution in [1.29, 1.82) is 5.26 Å². The van der Waals surface area contributed by atoms with E-state index in [-0.39, 0.29) is 27.4 Å². The number of fused-ring (bicyclic) bond motifs is 1. The number of hydrogen-bond acceptors (Lipinski definition) is 6. The summed E-state index contributed by atoms with van der Waals surface area (Å²) >= 11 is 6.00. The smallest absolute Gasteiger partial charge is 0.480 e. The lowest BCUT2D eigenvalue weighted by molar-refractivity contribution is -0.0500. The van der Waals surface area contributed by atoms with Gasteiger partial charge in [0.05, 0.1) is 17.6 Å². The van der Waals surface area contributed by atoms with Gasteiger partial charge in [-0.1, -0.05) is 11.6 Å². The van der Waals surface area contributed by atoms with Crippen LogP contribution in [-0.4, -0.2) is 26.0 Å². The van der Waals surface area contributed by atoms with Crippen molar-refractivity contribution in [2.45, 2.75) is 5.51 Å². The van der Waals surface area contributed by atoms with Gasteiger partial charge in [-0.25, -0.2) is 4.98 Å². The highest BCUT2D eigenvalue weighted by Crippen LogP contribution is 2.34. The quantitative estimate of drug-likeness (QED) is 0.611. The molecule has 11 heteroatoms. The van der Waals surface area contributed by atoms with Crippen LogP contribution in [0.25, 0.3) is 10.9 Å². The first-order valence-corrected chi connectivity index (χ1v) is 7.47. The van der Waals surface area contributed by atoms with Gasteiger partial charge < -0.3 is 8.92 Å². The molecule has 1 heterocycles. The molecular weight excluding hydrogens is 363 g/mol. The molecule has 0 spiro atoms. The molecule has 0 N–H and O–H groups in total. The Kier molecular flexibility index (Phi) is 4.28. The predicted molar refractivity (Wildman–Crippen MR) is 73.6 cm³/mol. The fraction of sp³-hybridized carbons (Fsp3) is 0.167. The molecule has 0 unspecified atom stereocenters. The van der Waals surface area contributed by atoms with Crippen LogP contribution in [0.3, 0.4) is 0 Å². The first kappa shape index (κ1) is 17.1. The summed E-state index contributed by atoms with van der Waals surface area (Å²) in [4.78, 5) is 3.89. The van der Waals surface area contributed by atoms with Gasteiger partial charge in [0.1, 0.15) is 17.4 Å². The lowest BCUT2D eigenvalue weighted by Gasteiger charge is -2.11. The monoisotopic (exact) mass is 368 g/mol. The van der Waals surface area contributed by atoms with Crippen molar-refractivity contribution in [3.8, 4) is 17.7 Å². The fourth-order valence-corrected chi connectivity index (χ4v) is 2.39. The maximum Gasteiger partial charge on any atom is 0.534 e. The predicted octanol–water partition coefficient (Wildman–Crippen LogP) is 3.00. The summed E-state index contributed by atoms with van der Waals surface area (Å²) in [5.41, 5.74) is -5.62. The van der Waals surface area contributed by atoms with Gasteiger partial charge in [0.25, 0.3) is 0 Å². The van der Waals surface area contributed by atoms with E-state index in [1.807, 2.05) is 0 Å². The molecule has 122 valence electrons. The van der Waals surface area contributed by atoms with E-state index >= 15 is 0 Å². The molecule has 0 radical (unpaired) electrons. The van der Waals surface area contributed by atoms with Crippen molar-refractivity contribution in [3.63, 3.8) is 0 Å². The van der Waals surface area contributed by atoms with E-state index in [0.29, 0.717) is 0 Å². The summed E-state index contributed by atoms with van der Waals surface area (Å²) in [6.45, 7) is 0. The maximum absolute atomic E-state index is 12.3.